The van der Waals surface area contributed by atoms with E-state index >= 15 is 0 Å². The van der Waals surface area contributed by atoms with Crippen molar-refractivity contribution in [3.8, 4) is 11.6 Å². The summed E-state index contributed by atoms with van der Waals surface area (Å²) in [5.74, 6) is 2.03. The van der Waals surface area contributed by atoms with Crippen molar-refractivity contribution in [1.82, 2.24) is 29.8 Å². The molecule has 1 aliphatic rings. The summed E-state index contributed by atoms with van der Waals surface area (Å²) in [6.07, 6.45) is 3.48. The Bertz CT molecular complexity index is 937. The molecule has 0 unspecified atom stereocenters. The molecule has 0 amide bonds. The van der Waals surface area contributed by atoms with Crippen LogP contribution in [0.25, 0.3) is 22.7 Å². The molecule has 148 valence electrons. The van der Waals surface area contributed by atoms with E-state index in [9.17, 15) is 0 Å². The number of fused-ring (bicyclic) bond motifs is 1. The van der Waals surface area contributed by atoms with Crippen molar-refractivity contribution in [2.75, 3.05) is 52.4 Å². The summed E-state index contributed by atoms with van der Waals surface area (Å²) >= 11 is 0. The molecule has 1 aliphatic heterocycles. The summed E-state index contributed by atoms with van der Waals surface area (Å²) in [6, 6.07) is 2.06. The lowest BCUT2D eigenvalue weighted by molar-refractivity contribution is 0.122. The number of hydrogen-bond donors (Lipinski definition) is 1. The maximum absolute atomic E-state index is 5.52. The van der Waals surface area contributed by atoms with Crippen LogP contribution >= 0.6 is 0 Å². The topological polar surface area (TPSA) is 92.3 Å². The van der Waals surface area contributed by atoms with Crippen molar-refractivity contribution >= 4 is 16.9 Å². The predicted octanol–water partition coefficient (Wildman–Crippen LogP) is 1.46. The fraction of sp³-hybridized carbons (Fsp3) is 0.474. The van der Waals surface area contributed by atoms with E-state index in [1.807, 2.05) is 14.1 Å². The van der Waals surface area contributed by atoms with Gasteiger partial charge in [0.15, 0.2) is 17.5 Å². The summed E-state index contributed by atoms with van der Waals surface area (Å²) < 4.78 is 10.9. The van der Waals surface area contributed by atoms with E-state index in [0.29, 0.717) is 31.5 Å². The maximum atomic E-state index is 5.52. The highest BCUT2D eigenvalue weighted by atomic mass is 16.5. The molecule has 9 nitrogen and oxygen atoms in total. The van der Waals surface area contributed by atoms with Crippen LogP contribution in [0, 0.1) is 0 Å². The number of aromatic nitrogens is 5. The number of aromatic amines is 1. The molecular formula is C19H25N7O2. The fourth-order valence-electron chi connectivity index (χ4n) is 3.39. The number of nitrogens with zero attached hydrogens (tertiary/aromatic N) is 6. The first-order chi connectivity index (χ1) is 13.7. The van der Waals surface area contributed by atoms with Crippen LogP contribution in [0.3, 0.4) is 0 Å². The van der Waals surface area contributed by atoms with Crippen LogP contribution in [-0.4, -0.2) is 77.3 Å². The summed E-state index contributed by atoms with van der Waals surface area (Å²) in [4.78, 5) is 26.3. The minimum Gasteiger partial charge on any atom is -0.378 e. The zero-order valence-electron chi connectivity index (χ0n) is 16.5. The van der Waals surface area contributed by atoms with Gasteiger partial charge in [0, 0.05) is 39.1 Å². The average Bonchev–Trinajstić information content (AvgIpc) is 3.23. The van der Waals surface area contributed by atoms with Gasteiger partial charge in [0.1, 0.15) is 5.52 Å². The highest BCUT2D eigenvalue weighted by molar-refractivity contribution is 5.89. The van der Waals surface area contributed by atoms with Gasteiger partial charge in [0.05, 0.1) is 31.0 Å². The Balaban J connectivity index is 1.95. The lowest BCUT2D eigenvalue weighted by Gasteiger charge is -2.29. The zero-order chi connectivity index (χ0) is 19.5. The Morgan fingerprint density at radius 2 is 2.00 bits per heavy atom. The van der Waals surface area contributed by atoms with Crippen LogP contribution in [-0.2, 0) is 22.6 Å². The Labute approximate surface area is 163 Å². The van der Waals surface area contributed by atoms with Gasteiger partial charge in [-0.05, 0) is 25.7 Å². The Morgan fingerprint density at radius 1 is 1.18 bits per heavy atom. The molecule has 0 atom stereocenters. The molecular weight excluding hydrogens is 358 g/mol. The molecule has 0 bridgehead atoms. The molecule has 1 N–H and O–H groups in total. The van der Waals surface area contributed by atoms with E-state index in [-0.39, 0.29) is 0 Å². The van der Waals surface area contributed by atoms with Crippen molar-refractivity contribution in [3.05, 3.63) is 29.7 Å². The number of morpholine rings is 1. The number of methoxy groups -OCH3 is 1. The summed E-state index contributed by atoms with van der Waals surface area (Å²) in [5.41, 5.74) is 3.60. The largest absolute Gasteiger partial charge is 0.378 e. The SMILES string of the molecule is COCc1cc(CN(C)C)c2nc(-c3ncc[nH]3)nc(N3CCOCC3)c2n1. The van der Waals surface area contributed by atoms with Crippen molar-refractivity contribution < 1.29 is 9.47 Å². The third kappa shape index (κ3) is 3.82. The third-order valence-corrected chi connectivity index (χ3v) is 4.57. The number of H-pyrrole nitrogens is 1. The number of nitrogens with one attached hydrogen (secondary N) is 1. The van der Waals surface area contributed by atoms with E-state index in [2.05, 4.69) is 25.8 Å². The monoisotopic (exact) mass is 383 g/mol. The highest BCUT2D eigenvalue weighted by Crippen LogP contribution is 2.29. The third-order valence-electron chi connectivity index (χ3n) is 4.57. The van der Waals surface area contributed by atoms with Crippen LogP contribution < -0.4 is 4.90 Å². The van der Waals surface area contributed by atoms with Gasteiger partial charge in [0.2, 0.25) is 0 Å². The van der Waals surface area contributed by atoms with Gasteiger partial charge in [-0.15, -0.1) is 0 Å². The van der Waals surface area contributed by atoms with E-state index in [4.69, 9.17) is 24.4 Å². The number of imidazole rings is 1. The average molecular weight is 383 g/mol. The van der Waals surface area contributed by atoms with Crippen LogP contribution in [0.15, 0.2) is 18.5 Å². The zero-order valence-corrected chi connectivity index (χ0v) is 16.5. The fourth-order valence-corrected chi connectivity index (χ4v) is 3.39. The highest BCUT2D eigenvalue weighted by Gasteiger charge is 2.22. The maximum Gasteiger partial charge on any atom is 0.198 e. The first kappa shape index (κ1) is 18.7. The van der Waals surface area contributed by atoms with Gasteiger partial charge in [0.25, 0.3) is 0 Å². The molecule has 1 saturated heterocycles. The second-order valence-electron chi connectivity index (χ2n) is 7.05. The van der Waals surface area contributed by atoms with E-state index < -0.39 is 0 Å². The van der Waals surface area contributed by atoms with Crippen LogP contribution in [0.5, 0.6) is 0 Å². The van der Waals surface area contributed by atoms with Gasteiger partial charge >= 0.3 is 0 Å². The van der Waals surface area contributed by atoms with Gasteiger partial charge < -0.3 is 24.3 Å². The van der Waals surface area contributed by atoms with E-state index in [1.165, 1.54) is 0 Å². The quantitative estimate of drug-likeness (QED) is 0.684. The Morgan fingerprint density at radius 3 is 2.68 bits per heavy atom. The molecule has 0 spiro atoms. The second kappa shape index (κ2) is 8.17. The van der Waals surface area contributed by atoms with Crippen molar-refractivity contribution in [2.45, 2.75) is 13.2 Å². The Hall–Kier alpha value is -2.62. The minimum atomic E-state index is 0.443. The normalized spacial score (nSPS) is 14.9. The van der Waals surface area contributed by atoms with Crippen LogP contribution in [0.1, 0.15) is 11.3 Å². The van der Waals surface area contributed by atoms with Gasteiger partial charge in [-0.3, -0.25) is 0 Å². The molecule has 3 aromatic rings. The predicted molar refractivity (Wildman–Crippen MR) is 106 cm³/mol. The van der Waals surface area contributed by atoms with Gasteiger partial charge in [-0.2, -0.15) is 0 Å². The molecule has 28 heavy (non-hydrogen) atoms. The van der Waals surface area contributed by atoms with Crippen molar-refractivity contribution in [2.24, 2.45) is 0 Å². The van der Waals surface area contributed by atoms with E-state index in [1.54, 1.807) is 19.5 Å². The lowest BCUT2D eigenvalue weighted by atomic mass is 10.1. The summed E-state index contributed by atoms with van der Waals surface area (Å²) in [6.45, 7) is 4.06. The smallest absolute Gasteiger partial charge is 0.198 e. The molecule has 4 rings (SSSR count). The van der Waals surface area contributed by atoms with Crippen LogP contribution in [0.4, 0.5) is 5.82 Å². The lowest BCUT2D eigenvalue weighted by Crippen LogP contribution is -2.37. The molecule has 3 aromatic heterocycles. The number of rotatable bonds is 6. The van der Waals surface area contributed by atoms with E-state index in [0.717, 1.165) is 47.7 Å². The molecule has 0 saturated carbocycles. The first-order valence-electron chi connectivity index (χ1n) is 9.32. The number of hydrogen-bond acceptors (Lipinski definition) is 8. The van der Waals surface area contributed by atoms with Crippen molar-refractivity contribution in [3.63, 3.8) is 0 Å². The molecule has 0 aromatic carbocycles. The van der Waals surface area contributed by atoms with Gasteiger partial charge in [-0.25, -0.2) is 19.9 Å². The summed E-state index contributed by atoms with van der Waals surface area (Å²) in [7, 11) is 5.76. The standard InChI is InChI=1S/C19H25N7O2/c1-25(2)11-13-10-14(12-27-3)22-16-15(13)23-18(17-20-4-5-21-17)24-19(16)26-6-8-28-9-7-26/h4-5,10H,6-9,11-12H2,1-3H3,(H,20,21). The number of anilines is 1. The van der Waals surface area contributed by atoms with Gasteiger partial charge in [-0.1, -0.05) is 0 Å². The van der Waals surface area contributed by atoms with Crippen molar-refractivity contribution in [1.29, 1.82) is 0 Å². The Kier molecular flexibility index (Phi) is 5.47. The molecule has 9 heteroatoms. The first-order valence-corrected chi connectivity index (χ1v) is 9.32. The molecule has 0 radical (unpaired) electrons. The molecule has 4 heterocycles. The number of pyridine rings is 1. The number of ether oxygens (including phenoxy) is 2. The van der Waals surface area contributed by atoms with Crippen LogP contribution in [0.2, 0.25) is 0 Å². The summed E-state index contributed by atoms with van der Waals surface area (Å²) in [5, 5.41) is 0. The molecule has 0 aliphatic carbocycles. The molecule has 1 fully saturated rings. The minimum absolute atomic E-state index is 0.443. The second-order valence-corrected chi connectivity index (χ2v) is 7.05.